The molecule has 0 radical (unpaired) electrons. The zero-order chi connectivity index (χ0) is 11.7. The van der Waals surface area contributed by atoms with Gasteiger partial charge >= 0.3 is 0 Å². The van der Waals surface area contributed by atoms with Gasteiger partial charge in [-0.3, -0.25) is 4.79 Å². The molecule has 84 valence electrons. The van der Waals surface area contributed by atoms with Gasteiger partial charge in [-0.05, 0) is 32.3 Å². The molecule has 0 unspecified atom stereocenters. The molecule has 0 spiro atoms. The summed E-state index contributed by atoms with van der Waals surface area (Å²) in [5.74, 6) is 0.142. The summed E-state index contributed by atoms with van der Waals surface area (Å²) in [6.45, 7) is 0.341. The minimum atomic E-state index is 0.00833. The fraction of sp³-hybridized carbons (Fsp3) is 0.250. The number of nitrogens with zero attached hydrogens (tertiary/aromatic N) is 2. The van der Waals surface area contributed by atoms with Gasteiger partial charge in [0.25, 0.3) is 0 Å². The molecule has 2 rings (SSSR count). The molecule has 2 aromatic rings. The summed E-state index contributed by atoms with van der Waals surface area (Å²) >= 11 is 0. The van der Waals surface area contributed by atoms with Crippen molar-refractivity contribution in [1.29, 1.82) is 0 Å². The van der Waals surface area contributed by atoms with Crippen LogP contribution in [0.1, 0.15) is 10.4 Å². The molecule has 0 aromatic carbocycles. The summed E-state index contributed by atoms with van der Waals surface area (Å²) in [7, 11) is 3.69. The molecule has 0 aliphatic carbocycles. The van der Waals surface area contributed by atoms with Crippen LogP contribution in [0.25, 0.3) is 5.52 Å². The molecule has 4 heteroatoms. The van der Waals surface area contributed by atoms with E-state index in [0.717, 1.165) is 0 Å². The van der Waals surface area contributed by atoms with Gasteiger partial charge in [-0.25, -0.2) is 0 Å². The highest BCUT2D eigenvalue weighted by Crippen LogP contribution is 2.23. The monoisotopic (exact) mass is 218 g/mol. The lowest BCUT2D eigenvalue weighted by molar-refractivity contribution is 0.0959. The topological polar surface area (TPSA) is 45.0 Å². The van der Waals surface area contributed by atoms with E-state index in [2.05, 4.69) is 0 Å². The van der Waals surface area contributed by atoms with Crippen LogP contribution in [-0.2, 0) is 0 Å². The first-order valence-corrected chi connectivity index (χ1v) is 5.06. The molecule has 0 bridgehead atoms. The lowest BCUT2D eigenvalue weighted by atomic mass is 10.1. The number of aromatic nitrogens is 1. The van der Waals surface area contributed by atoms with E-state index in [1.54, 1.807) is 28.8 Å². The Morgan fingerprint density at radius 3 is 2.81 bits per heavy atom. The maximum atomic E-state index is 11.9. The standard InChI is InChI=1S/C12H14N2O2/c1-13(2)8-11(16)9-5-7-14-6-3-4-10(15)12(9)14/h3-7,15H,8H2,1-2H3. The molecule has 1 N–H and O–H groups in total. The van der Waals surface area contributed by atoms with Crippen LogP contribution in [0.4, 0.5) is 0 Å². The molecule has 4 nitrogen and oxygen atoms in total. The van der Waals surface area contributed by atoms with Crippen LogP contribution < -0.4 is 0 Å². The molecule has 2 aromatic heterocycles. The van der Waals surface area contributed by atoms with Crippen LogP contribution >= 0.6 is 0 Å². The molecule has 0 aliphatic rings. The van der Waals surface area contributed by atoms with Crippen LogP contribution in [0, 0.1) is 0 Å². The molecule has 0 saturated heterocycles. The largest absolute Gasteiger partial charge is 0.506 e. The van der Waals surface area contributed by atoms with Crippen LogP contribution in [0.15, 0.2) is 30.6 Å². The number of hydrogen-bond donors (Lipinski definition) is 1. The van der Waals surface area contributed by atoms with Crippen LogP contribution in [0.5, 0.6) is 5.75 Å². The summed E-state index contributed by atoms with van der Waals surface area (Å²) in [6.07, 6.45) is 3.58. The third-order valence-electron chi connectivity index (χ3n) is 2.42. The van der Waals surface area contributed by atoms with Gasteiger partial charge < -0.3 is 14.4 Å². The van der Waals surface area contributed by atoms with Crippen molar-refractivity contribution < 1.29 is 9.90 Å². The molecule has 2 heterocycles. The number of carbonyl (C=O) groups is 1. The summed E-state index contributed by atoms with van der Waals surface area (Å²) < 4.78 is 1.75. The number of rotatable bonds is 3. The summed E-state index contributed by atoms with van der Waals surface area (Å²) in [5, 5.41) is 9.74. The van der Waals surface area contributed by atoms with Gasteiger partial charge in [0.2, 0.25) is 0 Å². The number of likely N-dealkylation sites (N-methyl/N-ethyl adjacent to an activating group) is 1. The van der Waals surface area contributed by atoms with Crippen LogP contribution in [-0.4, -0.2) is 40.8 Å². The first-order chi connectivity index (χ1) is 7.59. The molecule has 0 saturated carbocycles. The number of fused-ring (bicyclic) bond motifs is 1. The predicted molar refractivity (Wildman–Crippen MR) is 61.9 cm³/mol. The Morgan fingerprint density at radius 2 is 2.12 bits per heavy atom. The Bertz CT molecular complexity index is 529. The van der Waals surface area contributed by atoms with Crippen molar-refractivity contribution in [1.82, 2.24) is 9.30 Å². The molecular formula is C12H14N2O2. The second-order valence-electron chi connectivity index (χ2n) is 4.04. The second kappa shape index (κ2) is 3.98. The van der Waals surface area contributed by atoms with Crippen molar-refractivity contribution in [2.24, 2.45) is 0 Å². The van der Waals surface area contributed by atoms with Gasteiger partial charge in [-0.15, -0.1) is 0 Å². The van der Waals surface area contributed by atoms with Crippen LogP contribution in [0.2, 0.25) is 0 Å². The highest BCUT2D eigenvalue weighted by molar-refractivity contribution is 6.05. The van der Waals surface area contributed by atoms with Crippen molar-refractivity contribution in [3.8, 4) is 5.75 Å². The van der Waals surface area contributed by atoms with E-state index in [-0.39, 0.29) is 11.5 Å². The van der Waals surface area contributed by atoms with E-state index >= 15 is 0 Å². The van der Waals surface area contributed by atoms with Gasteiger partial charge in [-0.2, -0.15) is 0 Å². The maximum Gasteiger partial charge on any atom is 0.179 e. The van der Waals surface area contributed by atoms with E-state index in [4.69, 9.17) is 0 Å². The zero-order valence-corrected chi connectivity index (χ0v) is 9.34. The lowest BCUT2D eigenvalue weighted by Gasteiger charge is -2.08. The Morgan fingerprint density at radius 1 is 1.38 bits per heavy atom. The Balaban J connectivity index is 2.49. The Hall–Kier alpha value is -1.81. The number of carbonyl (C=O) groups excluding carboxylic acids is 1. The Kier molecular flexibility index (Phi) is 2.66. The predicted octanol–water partition coefficient (Wildman–Crippen LogP) is 1.39. The first kappa shape index (κ1) is 10.7. The lowest BCUT2D eigenvalue weighted by Crippen LogP contribution is -2.21. The van der Waals surface area contributed by atoms with Crippen molar-refractivity contribution in [2.45, 2.75) is 0 Å². The number of Topliss-reactive ketones (excluding diaryl/α,β-unsaturated/α-hetero) is 1. The normalized spacial score (nSPS) is 11.2. The Labute approximate surface area is 93.7 Å². The van der Waals surface area contributed by atoms with Gasteiger partial charge in [0.15, 0.2) is 5.78 Å². The average molecular weight is 218 g/mol. The second-order valence-corrected chi connectivity index (χ2v) is 4.04. The highest BCUT2D eigenvalue weighted by Gasteiger charge is 2.14. The van der Waals surface area contributed by atoms with Crippen molar-refractivity contribution in [3.05, 3.63) is 36.2 Å². The van der Waals surface area contributed by atoms with Gasteiger partial charge in [-0.1, -0.05) is 0 Å². The number of aromatic hydroxyl groups is 1. The average Bonchev–Trinajstić information content (AvgIpc) is 2.61. The fourth-order valence-electron chi connectivity index (χ4n) is 1.75. The minimum Gasteiger partial charge on any atom is -0.506 e. The third-order valence-corrected chi connectivity index (χ3v) is 2.42. The molecular weight excluding hydrogens is 204 g/mol. The summed E-state index contributed by atoms with van der Waals surface area (Å²) in [6, 6.07) is 5.06. The molecule has 0 fully saturated rings. The molecule has 0 amide bonds. The molecule has 0 atom stereocenters. The van der Waals surface area contributed by atoms with E-state index in [1.807, 2.05) is 25.2 Å². The minimum absolute atomic E-state index is 0.00833. The van der Waals surface area contributed by atoms with E-state index in [1.165, 1.54) is 0 Å². The van der Waals surface area contributed by atoms with Crippen LogP contribution in [0.3, 0.4) is 0 Å². The zero-order valence-electron chi connectivity index (χ0n) is 9.34. The van der Waals surface area contributed by atoms with Gasteiger partial charge in [0.1, 0.15) is 5.75 Å². The SMILES string of the molecule is CN(C)CC(=O)c1ccn2cccc(O)c12. The van der Waals surface area contributed by atoms with Crippen molar-refractivity contribution in [3.63, 3.8) is 0 Å². The molecule has 0 aliphatic heterocycles. The van der Waals surface area contributed by atoms with E-state index in [9.17, 15) is 9.90 Å². The summed E-state index contributed by atoms with van der Waals surface area (Å²) in [4.78, 5) is 13.7. The first-order valence-electron chi connectivity index (χ1n) is 5.06. The van der Waals surface area contributed by atoms with E-state index in [0.29, 0.717) is 17.6 Å². The van der Waals surface area contributed by atoms with Crippen molar-refractivity contribution >= 4 is 11.3 Å². The fourth-order valence-corrected chi connectivity index (χ4v) is 1.75. The smallest absolute Gasteiger partial charge is 0.179 e. The number of ketones is 1. The van der Waals surface area contributed by atoms with E-state index < -0.39 is 0 Å². The maximum absolute atomic E-state index is 11.9. The van der Waals surface area contributed by atoms with Gasteiger partial charge in [0.05, 0.1) is 12.1 Å². The number of pyridine rings is 1. The van der Waals surface area contributed by atoms with Crippen molar-refractivity contribution in [2.75, 3.05) is 20.6 Å². The number of hydrogen-bond acceptors (Lipinski definition) is 3. The molecule has 16 heavy (non-hydrogen) atoms. The van der Waals surface area contributed by atoms with Gasteiger partial charge in [0, 0.05) is 18.0 Å². The third kappa shape index (κ3) is 1.79. The highest BCUT2D eigenvalue weighted by atomic mass is 16.3. The summed E-state index contributed by atoms with van der Waals surface area (Å²) in [5.41, 5.74) is 1.14. The quantitative estimate of drug-likeness (QED) is 0.792.